The molecule has 0 radical (unpaired) electrons. The van der Waals surface area contributed by atoms with E-state index in [1.165, 1.54) is 0 Å². The van der Waals surface area contributed by atoms with E-state index in [-0.39, 0.29) is 31.8 Å². The number of ether oxygens (including phenoxy) is 1. The molecule has 8 heteroatoms. The first-order chi connectivity index (χ1) is 8.91. The summed E-state index contributed by atoms with van der Waals surface area (Å²) in [5.41, 5.74) is 0. The van der Waals surface area contributed by atoms with E-state index in [2.05, 4.69) is 4.74 Å². The molecule has 0 spiro atoms. The van der Waals surface area contributed by atoms with Crippen LogP contribution >= 0.6 is 0 Å². The number of carboxylic acids is 2. The fourth-order valence-corrected chi connectivity index (χ4v) is 1.32. The van der Waals surface area contributed by atoms with Crippen molar-refractivity contribution in [2.75, 3.05) is 0 Å². The van der Waals surface area contributed by atoms with E-state index >= 15 is 0 Å². The fraction of sp³-hybridized carbons (Fsp3) is 0.667. The smallest absolute Gasteiger partial charge is 0.313 e. The third-order valence-electron chi connectivity index (χ3n) is 2.27. The normalized spacial score (nSPS) is 9.40. The quantitative estimate of drug-likeness (QED) is 0.311. The van der Waals surface area contributed by atoms with Crippen molar-refractivity contribution in [3.8, 4) is 0 Å². The number of carboxylic acid groups (broad SMARTS) is 2. The molecule has 0 amide bonds. The summed E-state index contributed by atoms with van der Waals surface area (Å²) in [6, 6.07) is 0. The van der Waals surface area contributed by atoms with E-state index < -0.39 is 23.9 Å². The average Bonchev–Trinajstić information content (AvgIpc) is 2.30. The van der Waals surface area contributed by atoms with Crippen LogP contribution in [0.15, 0.2) is 0 Å². The van der Waals surface area contributed by atoms with Crippen LogP contribution in [0.4, 0.5) is 0 Å². The molecule has 0 atom stereocenters. The van der Waals surface area contributed by atoms with E-state index in [9.17, 15) is 19.2 Å². The molecule has 0 bridgehead atoms. The molecule has 0 saturated heterocycles. The number of rotatable bonds is 10. The van der Waals surface area contributed by atoms with Gasteiger partial charge in [-0.3, -0.25) is 19.2 Å². The van der Waals surface area contributed by atoms with Gasteiger partial charge in [-0.25, -0.2) is 0 Å². The van der Waals surface area contributed by atoms with Crippen LogP contribution in [0.5, 0.6) is 0 Å². The largest absolute Gasteiger partial charge is 0.481 e. The molecule has 116 valence electrons. The second kappa shape index (κ2) is 12.1. The van der Waals surface area contributed by atoms with Crippen molar-refractivity contribution in [3.63, 3.8) is 0 Å². The summed E-state index contributed by atoms with van der Waals surface area (Å²) in [6.45, 7) is 0. The van der Waals surface area contributed by atoms with Gasteiger partial charge in [0.25, 0.3) is 0 Å². The van der Waals surface area contributed by atoms with Crippen LogP contribution < -0.4 is 6.15 Å². The minimum Gasteiger partial charge on any atom is -0.481 e. The van der Waals surface area contributed by atoms with Crippen molar-refractivity contribution in [2.24, 2.45) is 0 Å². The molecule has 0 saturated carbocycles. The highest BCUT2D eigenvalue weighted by Crippen LogP contribution is 2.05. The van der Waals surface area contributed by atoms with Crippen LogP contribution in [-0.4, -0.2) is 34.1 Å². The monoisotopic (exact) mass is 291 g/mol. The summed E-state index contributed by atoms with van der Waals surface area (Å²) >= 11 is 0. The zero-order chi connectivity index (χ0) is 14.7. The van der Waals surface area contributed by atoms with Crippen molar-refractivity contribution >= 4 is 23.9 Å². The number of unbranched alkanes of at least 4 members (excludes halogenated alkanes) is 2. The Morgan fingerprint density at radius 3 is 1.25 bits per heavy atom. The lowest BCUT2D eigenvalue weighted by Gasteiger charge is -2.02. The lowest BCUT2D eigenvalue weighted by atomic mass is 10.2. The Morgan fingerprint density at radius 1 is 0.650 bits per heavy atom. The second-order valence-corrected chi connectivity index (χ2v) is 4.05. The Labute approximate surface area is 116 Å². The maximum absolute atomic E-state index is 11.2. The van der Waals surface area contributed by atoms with Crippen LogP contribution in [0.1, 0.15) is 51.4 Å². The van der Waals surface area contributed by atoms with E-state index in [0.29, 0.717) is 25.7 Å². The van der Waals surface area contributed by atoms with E-state index in [0.717, 1.165) is 0 Å². The number of carbonyl (C=O) groups is 4. The Kier molecular flexibility index (Phi) is 12.3. The second-order valence-electron chi connectivity index (χ2n) is 4.05. The molecule has 0 rings (SSSR count). The van der Waals surface area contributed by atoms with Gasteiger partial charge in [0.1, 0.15) is 0 Å². The summed E-state index contributed by atoms with van der Waals surface area (Å²) in [7, 11) is 0. The van der Waals surface area contributed by atoms with Crippen LogP contribution in [-0.2, 0) is 23.9 Å². The minimum absolute atomic E-state index is 0. The topological polar surface area (TPSA) is 153 Å². The van der Waals surface area contributed by atoms with Gasteiger partial charge in [-0.2, -0.15) is 0 Å². The SMILES string of the molecule is N.O=C(O)CCCCC(=O)OC(=O)CCCCC(=O)O. The molecule has 0 unspecified atom stereocenters. The molecule has 0 aliphatic carbocycles. The molecule has 0 heterocycles. The number of hydrogen-bond donors (Lipinski definition) is 3. The molecule has 5 N–H and O–H groups in total. The van der Waals surface area contributed by atoms with Gasteiger partial charge in [-0.1, -0.05) is 0 Å². The van der Waals surface area contributed by atoms with Gasteiger partial charge >= 0.3 is 23.9 Å². The van der Waals surface area contributed by atoms with Crippen molar-refractivity contribution in [3.05, 3.63) is 0 Å². The highest BCUT2D eigenvalue weighted by atomic mass is 16.6. The van der Waals surface area contributed by atoms with Gasteiger partial charge in [-0.15, -0.1) is 0 Å². The molecule has 0 aliphatic heterocycles. The standard InChI is InChI=1S/C12H18O7.H3N/c13-9(14)5-1-3-7-11(17)19-12(18)8-4-2-6-10(15)16;/h1-8H2,(H,13,14)(H,15,16);1H3. The van der Waals surface area contributed by atoms with Crippen LogP contribution in [0, 0.1) is 0 Å². The predicted octanol–water partition coefficient (Wildman–Crippen LogP) is 1.51. The van der Waals surface area contributed by atoms with Crippen molar-refractivity contribution in [1.29, 1.82) is 0 Å². The average molecular weight is 291 g/mol. The summed E-state index contributed by atoms with van der Waals surface area (Å²) in [5.74, 6) is -3.20. The van der Waals surface area contributed by atoms with Gasteiger partial charge in [0.2, 0.25) is 0 Å². The molecule has 8 nitrogen and oxygen atoms in total. The molecule has 0 aromatic rings. The van der Waals surface area contributed by atoms with Crippen LogP contribution in [0.3, 0.4) is 0 Å². The highest BCUT2D eigenvalue weighted by Gasteiger charge is 2.10. The first-order valence-electron chi connectivity index (χ1n) is 6.09. The molecule has 0 fully saturated rings. The minimum atomic E-state index is -0.928. The van der Waals surface area contributed by atoms with Crippen LogP contribution in [0.2, 0.25) is 0 Å². The third-order valence-corrected chi connectivity index (χ3v) is 2.27. The number of hydrogen-bond acceptors (Lipinski definition) is 6. The summed E-state index contributed by atoms with van der Waals surface area (Å²) in [5, 5.41) is 16.7. The van der Waals surface area contributed by atoms with E-state index in [1.807, 2.05) is 0 Å². The Bertz CT molecular complexity index is 309. The van der Waals surface area contributed by atoms with Crippen molar-refractivity contribution in [2.45, 2.75) is 51.4 Å². The highest BCUT2D eigenvalue weighted by molar-refractivity contribution is 5.85. The number of aliphatic carboxylic acids is 2. The van der Waals surface area contributed by atoms with Crippen LogP contribution in [0.25, 0.3) is 0 Å². The molecule has 20 heavy (non-hydrogen) atoms. The Balaban J connectivity index is 0. The van der Waals surface area contributed by atoms with Gasteiger partial charge in [-0.05, 0) is 25.7 Å². The zero-order valence-corrected chi connectivity index (χ0v) is 11.3. The van der Waals surface area contributed by atoms with E-state index in [1.54, 1.807) is 0 Å². The zero-order valence-electron chi connectivity index (χ0n) is 11.3. The van der Waals surface area contributed by atoms with Gasteiger partial charge < -0.3 is 21.1 Å². The number of esters is 2. The summed E-state index contributed by atoms with van der Waals surface area (Å²) in [6.07, 6.45) is 1.42. The third kappa shape index (κ3) is 14.1. The molecular formula is C12H21NO7. The first-order valence-corrected chi connectivity index (χ1v) is 6.09. The maximum Gasteiger partial charge on any atom is 0.313 e. The first kappa shape index (κ1) is 20.4. The lowest BCUT2D eigenvalue weighted by molar-refractivity contribution is -0.160. The lowest BCUT2D eigenvalue weighted by Crippen LogP contribution is -2.12. The summed E-state index contributed by atoms with van der Waals surface area (Å²) in [4.78, 5) is 42.7. The summed E-state index contributed by atoms with van der Waals surface area (Å²) < 4.78 is 4.49. The fourth-order valence-electron chi connectivity index (χ4n) is 1.32. The molecular weight excluding hydrogens is 270 g/mol. The molecule has 0 aliphatic rings. The predicted molar refractivity (Wildman–Crippen MR) is 68.3 cm³/mol. The van der Waals surface area contributed by atoms with Crippen molar-refractivity contribution in [1.82, 2.24) is 6.15 Å². The van der Waals surface area contributed by atoms with Gasteiger partial charge in [0.05, 0.1) is 0 Å². The maximum atomic E-state index is 11.2. The molecule has 0 aromatic heterocycles. The Morgan fingerprint density at radius 2 is 0.950 bits per heavy atom. The Hall–Kier alpha value is -1.96. The van der Waals surface area contributed by atoms with Crippen molar-refractivity contribution < 1.29 is 34.1 Å². The molecule has 0 aromatic carbocycles. The number of carbonyl (C=O) groups excluding carboxylic acids is 2. The van der Waals surface area contributed by atoms with Gasteiger partial charge in [0, 0.05) is 25.7 Å². The van der Waals surface area contributed by atoms with Gasteiger partial charge in [0.15, 0.2) is 0 Å². The van der Waals surface area contributed by atoms with E-state index in [4.69, 9.17) is 10.2 Å².